The maximum atomic E-state index is 11.9. The predicted octanol–water partition coefficient (Wildman–Crippen LogP) is 1.69. The van der Waals surface area contributed by atoms with E-state index in [4.69, 9.17) is 4.74 Å². The van der Waals surface area contributed by atoms with Crippen LogP contribution in [-0.2, 0) is 4.79 Å². The summed E-state index contributed by atoms with van der Waals surface area (Å²) in [6.07, 6.45) is 7.13. The van der Waals surface area contributed by atoms with E-state index >= 15 is 0 Å². The first-order chi connectivity index (χ1) is 9.74. The molecule has 1 saturated heterocycles. The highest BCUT2D eigenvalue weighted by Gasteiger charge is 2.25. The molecule has 1 aromatic heterocycles. The molecule has 0 bridgehead atoms. The van der Waals surface area contributed by atoms with E-state index < -0.39 is 0 Å². The summed E-state index contributed by atoms with van der Waals surface area (Å²) >= 11 is 0. The Labute approximate surface area is 119 Å². The lowest BCUT2D eigenvalue weighted by Gasteiger charge is -2.35. The number of hydrogen-bond donors (Lipinski definition) is 1. The standard InChI is InChI=1S/C14H22N4O2/c1-3-13(19)18-7-5-4-6-11(18)8-15-14-16-9-12(20-2)10-17-14/h9-11H,3-8H2,1-2H3,(H,15,16,17). The summed E-state index contributed by atoms with van der Waals surface area (Å²) in [7, 11) is 1.59. The third-order valence-corrected chi connectivity index (χ3v) is 3.61. The van der Waals surface area contributed by atoms with Gasteiger partial charge in [-0.25, -0.2) is 9.97 Å². The summed E-state index contributed by atoms with van der Waals surface area (Å²) in [6, 6.07) is 0.238. The molecule has 1 atom stereocenters. The fourth-order valence-corrected chi connectivity index (χ4v) is 2.47. The van der Waals surface area contributed by atoms with E-state index in [2.05, 4.69) is 15.3 Å². The summed E-state index contributed by atoms with van der Waals surface area (Å²) in [5.41, 5.74) is 0. The topological polar surface area (TPSA) is 67.4 Å². The van der Waals surface area contributed by atoms with E-state index in [1.54, 1.807) is 19.5 Å². The van der Waals surface area contributed by atoms with Gasteiger partial charge in [0.25, 0.3) is 0 Å². The van der Waals surface area contributed by atoms with Gasteiger partial charge in [-0.3, -0.25) is 4.79 Å². The fourth-order valence-electron chi connectivity index (χ4n) is 2.47. The highest BCUT2D eigenvalue weighted by Crippen LogP contribution is 2.18. The summed E-state index contributed by atoms with van der Waals surface area (Å²) in [5, 5.41) is 3.20. The van der Waals surface area contributed by atoms with E-state index in [1.165, 1.54) is 6.42 Å². The number of likely N-dealkylation sites (tertiary alicyclic amines) is 1. The van der Waals surface area contributed by atoms with Gasteiger partial charge < -0.3 is 15.0 Å². The smallest absolute Gasteiger partial charge is 0.222 e. The number of anilines is 1. The lowest BCUT2D eigenvalue weighted by molar-refractivity contribution is -0.134. The second kappa shape index (κ2) is 7.07. The van der Waals surface area contributed by atoms with Crippen molar-refractivity contribution >= 4 is 11.9 Å². The summed E-state index contributed by atoms with van der Waals surface area (Å²) < 4.78 is 5.02. The third kappa shape index (κ3) is 3.59. The van der Waals surface area contributed by atoms with Crippen LogP contribution in [-0.4, -0.2) is 47.0 Å². The van der Waals surface area contributed by atoms with Gasteiger partial charge in [-0.05, 0) is 19.3 Å². The van der Waals surface area contributed by atoms with E-state index in [1.807, 2.05) is 11.8 Å². The maximum Gasteiger partial charge on any atom is 0.222 e. The number of ether oxygens (including phenoxy) is 1. The van der Waals surface area contributed by atoms with Crippen LogP contribution in [0.3, 0.4) is 0 Å². The van der Waals surface area contributed by atoms with Crippen molar-refractivity contribution in [3.05, 3.63) is 12.4 Å². The number of methoxy groups -OCH3 is 1. The molecule has 1 N–H and O–H groups in total. The molecule has 110 valence electrons. The molecule has 0 aliphatic carbocycles. The zero-order valence-corrected chi connectivity index (χ0v) is 12.1. The Hall–Kier alpha value is -1.85. The average Bonchev–Trinajstić information content (AvgIpc) is 2.53. The van der Waals surface area contributed by atoms with Crippen molar-refractivity contribution < 1.29 is 9.53 Å². The average molecular weight is 278 g/mol. The number of nitrogens with one attached hydrogen (secondary N) is 1. The Balaban J connectivity index is 1.91. The number of rotatable bonds is 5. The first kappa shape index (κ1) is 14.6. The SMILES string of the molecule is CCC(=O)N1CCCCC1CNc1ncc(OC)cn1. The molecule has 1 fully saturated rings. The van der Waals surface area contributed by atoms with Gasteiger partial charge in [-0.1, -0.05) is 6.92 Å². The lowest BCUT2D eigenvalue weighted by atomic mass is 10.0. The lowest BCUT2D eigenvalue weighted by Crippen LogP contribution is -2.46. The molecule has 1 aliphatic rings. The van der Waals surface area contributed by atoms with Crippen LogP contribution >= 0.6 is 0 Å². The first-order valence-corrected chi connectivity index (χ1v) is 7.14. The van der Waals surface area contributed by atoms with E-state index in [0.29, 0.717) is 24.7 Å². The van der Waals surface area contributed by atoms with Crippen LogP contribution in [0.15, 0.2) is 12.4 Å². The number of piperidine rings is 1. The zero-order chi connectivity index (χ0) is 14.4. The molecule has 1 unspecified atom stereocenters. The molecule has 0 saturated carbocycles. The van der Waals surface area contributed by atoms with Crippen molar-refractivity contribution in [3.63, 3.8) is 0 Å². The monoisotopic (exact) mass is 278 g/mol. The van der Waals surface area contributed by atoms with E-state index in [9.17, 15) is 4.79 Å². The maximum absolute atomic E-state index is 11.9. The number of hydrogen-bond acceptors (Lipinski definition) is 5. The Bertz CT molecular complexity index is 435. The predicted molar refractivity (Wildman–Crippen MR) is 76.7 cm³/mol. The minimum absolute atomic E-state index is 0.229. The van der Waals surface area contributed by atoms with Gasteiger partial charge in [0.15, 0.2) is 5.75 Å². The molecule has 1 aromatic rings. The van der Waals surface area contributed by atoms with Crippen LogP contribution in [0.2, 0.25) is 0 Å². The molecule has 0 aromatic carbocycles. The van der Waals surface area contributed by atoms with Crippen molar-refractivity contribution in [2.75, 3.05) is 25.5 Å². The zero-order valence-electron chi connectivity index (χ0n) is 12.1. The molecule has 6 nitrogen and oxygen atoms in total. The van der Waals surface area contributed by atoms with Crippen molar-refractivity contribution in [3.8, 4) is 5.75 Å². The molecule has 0 spiro atoms. The first-order valence-electron chi connectivity index (χ1n) is 7.14. The molecule has 2 rings (SSSR count). The normalized spacial score (nSPS) is 18.7. The second-order valence-corrected chi connectivity index (χ2v) is 4.92. The van der Waals surface area contributed by atoms with Gasteiger partial charge in [-0.15, -0.1) is 0 Å². The van der Waals surface area contributed by atoms with Crippen molar-refractivity contribution in [2.45, 2.75) is 38.6 Å². The fraction of sp³-hybridized carbons (Fsp3) is 0.643. The van der Waals surface area contributed by atoms with Crippen LogP contribution in [0, 0.1) is 0 Å². The molecule has 20 heavy (non-hydrogen) atoms. The third-order valence-electron chi connectivity index (χ3n) is 3.61. The Kier molecular flexibility index (Phi) is 5.15. The van der Waals surface area contributed by atoms with E-state index in [0.717, 1.165) is 19.4 Å². The number of carbonyl (C=O) groups excluding carboxylic acids is 1. The van der Waals surface area contributed by atoms with Crippen LogP contribution in [0.5, 0.6) is 5.75 Å². The van der Waals surface area contributed by atoms with Gasteiger partial charge in [0.1, 0.15) is 0 Å². The van der Waals surface area contributed by atoms with Crippen LogP contribution in [0.1, 0.15) is 32.6 Å². The van der Waals surface area contributed by atoms with Gasteiger partial charge >= 0.3 is 0 Å². The molecule has 2 heterocycles. The number of nitrogens with zero attached hydrogens (tertiary/aromatic N) is 3. The minimum Gasteiger partial charge on any atom is -0.494 e. The van der Waals surface area contributed by atoms with Crippen LogP contribution in [0.4, 0.5) is 5.95 Å². The van der Waals surface area contributed by atoms with Gasteiger partial charge in [0.05, 0.1) is 19.5 Å². The van der Waals surface area contributed by atoms with Crippen molar-refractivity contribution in [2.24, 2.45) is 0 Å². The molecule has 1 aliphatic heterocycles. The number of amides is 1. The Morgan fingerprint density at radius 3 is 2.85 bits per heavy atom. The van der Waals surface area contributed by atoms with E-state index in [-0.39, 0.29) is 11.9 Å². The Morgan fingerprint density at radius 2 is 2.20 bits per heavy atom. The van der Waals surface area contributed by atoms with Gasteiger partial charge in [0.2, 0.25) is 11.9 Å². The molecule has 6 heteroatoms. The molecular weight excluding hydrogens is 256 g/mol. The largest absolute Gasteiger partial charge is 0.494 e. The highest BCUT2D eigenvalue weighted by molar-refractivity contribution is 5.76. The molecule has 0 radical (unpaired) electrons. The molecule has 1 amide bonds. The van der Waals surface area contributed by atoms with Crippen molar-refractivity contribution in [1.82, 2.24) is 14.9 Å². The second-order valence-electron chi connectivity index (χ2n) is 4.92. The van der Waals surface area contributed by atoms with Gasteiger partial charge in [-0.2, -0.15) is 0 Å². The summed E-state index contributed by atoms with van der Waals surface area (Å²) in [5.74, 6) is 1.43. The quantitative estimate of drug-likeness (QED) is 0.887. The van der Waals surface area contributed by atoms with Crippen LogP contribution in [0.25, 0.3) is 0 Å². The number of aromatic nitrogens is 2. The number of carbonyl (C=O) groups is 1. The Morgan fingerprint density at radius 1 is 1.45 bits per heavy atom. The van der Waals surface area contributed by atoms with Crippen LogP contribution < -0.4 is 10.1 Å². The minimum atomic E-state index is 0.229. The summed E-state index contributed by atoms with van der Waals surface area (Å²) in [6.45, 7) is 3.47. The van der Waals surface area contributed by atoms with Gasteiger partial charge in [0, 0.05) is 25.6 Å². The summed E-state index contributed by atoms with van der Waals surface area (Å²) in [4.78, 5) is 22.3. The molecular formula is C14H22N4O2. The highest BCUT2D eigenvalue weighted by atomic mass is 16.5. The van der Waals surface area contributed by atoms with Crippen molar-refractivity contribution in [1.29, 1.82) is 0 Å².